The number of hydroxylamine groups is 1. The number of anilines is 2. The number of nitrogens with one attached hydrogen (secondary N) is 2. The molecule has 1 unspecified atom stereocenters. The van der Waals surface area contributed by atoms with Crippen LogP contribution in [0, 0.1) is 0 Å². The highest BCUT2D eigenvalue weighted by atomic mass is 35.5. The number of hydrazine groups is 1. The Bertz CT molecular complexity index is 754. The van der Waals surface area contributed by atoms with Crippen molar-refractivity contribution in [2.24, 2.45) is 5.10 Å². The lowest BCUT2D eigenvalue weighted by Gasteiger charge is -2.17. The van der Waals surface area contributed by atoms with Crippen LogP contribution in [0.3, 0.4) is 0 Å². The van der Waals surface area contributed by atoms with E-state index in [2.05, 4.69) is 16.2 Å². The summed E-state index contributed by atoms with van der Waals surface area (Å²) in [5, 5.41) is 6.59. The molecule has 0 aromatic heterocycles. The zero-order chi connectivity index (χ0) is 15.8. The van der Waals surface area contributed by atoms with Crippen molar-refractivity contribution in [3.8, 4) is 0 Å². The summed E-state index contributed by atoms with van der Waals surface area (Å²) in [6.07, 6.45) is -0.340. The fraction of sp³-hybridized carbons (Fsp3) is 0.0714. The van der Waals surface area contributed by atoms with Crippen molar-refractivity contribution in [1.29, 1.82) is 0 Å². The van der Waals surface area contributed by atoms with Crippen LogP contribution in [0.15, 0.2) is 53.6 Å². The normalized spacial score (nSPS) is 19.3. The minimum atomic E-state index is -0.340. The van der Waals surface area contributed by atoms with Crippen molar-refractivity contribution in [3.05, 3.63) is 58.6 Å². The maximum atomic E-state index is 6.20. The summed E-state index contributed by atoms with van der Waals surface area (Å²) in [4.78, 5) is 12.4. The predicted octanol–water partition coefficient (Wildman–Crippen LogP) is 2.85. The summed E-state index contributed by atoms with van der Waals surface area (Å²) >= 11 is 12.2. The lowest BCUT2D eigenvalue weighted by molar-refractivity contribution is 0.195. The van der Waals surface area contributed by atoms with Crippen LogP contribution in [0.5, 0.6) is 0 Å². The van der Waals surface area contributed by atoms with Gasteiger partial charge in [-0.2, -0.15) is 5.12 Å². The van der Waals surface area contributed by atoms with Gasteiger partial charge in [0.05, 0.1) is 10.0 Å². The van der Waals surface area contributed by atoms with Crippen LogP contribution in [-0.4, -0.2) is 12.4 Å². The first-order valence-corrected chi connectivity index (χ1v) is 7.50. The predicted molar refractivity (Wildman–Crippen MR) is 87.5 cm³/mol. The first kappa shape index (κ1) is 14.6. The molecule has 0 radical (unpaired) electrons. The first-order valence-electron chi connectivity index (χ1n) is 6.75. The van der Waals surface area contributed by atoms with Gasteiger partial charge in [-0.3, -0.25) is 9.74 Å². The average molecular weight is 352 g/mol. The van der Waals surface area contributed by atoms with E-state index in [-0.39, 0.29) is 6.35 Å². The Balaban J connectivity index is 1.65. The number of benzene rings is 2. The Labute approximate surface area is 141 Å². The molecule has 4 rings (SSSR count). The Hall–Kier alpha value is -2.03. The van der Waals surface area contributed by atoms with Gasteiger partial charge in [0.25, 0.3) is 0 Å². The number of halogens is 2. The van der Waals surface area contributed by atoms with Crippen LogP contribution in [-0.2, 0) is 9.68 Å². The Morgan fingerprint density at radius 2 is 1.87 bits per heavy atom. The van der Waals surface area contributed by atoms with Gasteiger partial charge in [-0.25, -0.2) is 0 Å². The van der Waals surface area contributed by atoms with Gasteiger partial charge in [0.15, 0.2) is 0 Å². The zero-order valence-corrected chi connectivity index (χ0v) is 13.1. The molecule has 2 aliphatic heterocycles. The van der Waals surface area contributed by atoms with E-state index in [1.54, 1.807) is 23.1 Å². The van der Waals surface area contributed by atoms with Gasteiger partial charge in [0.2, 0.25) is 6.35 Å². The van der Waals surface area contributed by atoms with Crippen LogP contribution >= 0.6 is 23.2 Å². The molecule has 0 bridgehead atoms. The topological polar surface area (TPSA) is 74.6 Å². The fourth-order valence-electron chi connectivity index (χ4n) is 2.14. The highest BCUT2D eigenvalue weighted by Gasteiger charge is 2.38. The minimum absolute atomic E-state index is 0.308. The standard InChI is InChI=1S/C14H11Cl2N5O2/c15-10-7-4-8-11(12(10)16)21-17-13(23-19-21)20(14-18-22-14)9-5-2-1-3-6-9/h1-8,14,18-19H. The molecule has 2 heterocycles. The Morgan fingerprint density at radius 1 is 1.09 bits per heavy atom. The maximum Gasteiger partial charge on any atom is 0.340 e. The van der Waals surface area contributed by atoms with Crippen molar-refractivity contribution in [1.82, 2.24) is 11.1 Å². The summed E-state index contributed by atoms with van der Waals surface area (Å²) in [6.45, 7) is 0. The van der Waals surface area contributed by atoms with E-state index in [1.807, 2.05) is 30.3 Å². The molecule has 118 valence electrons. The quantitative estimate of drug-likeness (QED) is 0.828. The summed E-state index contributed by atoms with van der Waals surface area (Å²) in [5.41, 5.74) is 6.88. The third kappa shape index (κ3) is 2.80. The zero-order valence-electron chi connectivity index (χ0n) is 11.6. The van der Waals surface area contributed by atoms with E-state index in [0.717, 1.165) is 5.69 Å². The molecule has 2 aromatic rings. The second kappa shape index (κ2) is 5.88. The van der Waals surface area contributed by atoms with E-state index in [4.69, 9.17) is 32.9 Å². The number of amidine groups is 1. The molecule has 7 nitrogen and oxygen atoms in total. The number of para-hydroxylation sites is 1. The molecule has 9 heteroatoms. The largest absolute Gasteiger partial charge is 0.347 e. The fourth-order valence-corrected chi connectivity index (χ4v) is 2.51. The molecule has 1 fully saturated rings. The third-order valence-electron chi connectivity index (χ3n) is 3.27. The molecule has 0 spiro atoms. The number of hydrogen-bond acceptors (Lipinski definition) is 7. The Morgan fingerprint density at radius 3 is 2.61 bits per heavy atom. The molecule has 23 heavy (non-hydrogen) atoms. The number of hydrogen-bond donors (Lipinski definition) is 2. The van der Waals surface area contributed by atoms with Gasteiger partial charge in [0.1, 0.15) is 5.69 Å². The second-order valence-corrected chi connectivity index (χ2v) is 5.54. The van der Waals surface area contributed by atoms with Crippen molar-refractivity contribution >= 4 is 40.6 Å². The summed E-state index contributed by atoms with van der Waals surface area (Å²) in [6, 6.07) is 15.2. The van der Waals surface area contributed by atoms with Crippen LogP contribution in [0.2, 0.25) is 10.0 Å². The molecule has 0 saturated carbocycles. The van der Waals surface area contributed by atoms with Gasteiger partial charge < -0.3 is 4.84 Å². The molecular weight excluding hydrogens is 341 g/mol. The van der Waals surface area contributed by atoms with Gasteiger partial charge in [-0.05, 0) is 29.9 Å². The highest BCUT2D eigenvalue weighted by molar-refractivity contribution is 6.43. The monoisotopic (exact) mass is 351 g/mol. The van der Waals surface area contributed by atoms with E-state index in [0.29, 0.717) is 21.8 Å². The summed E-state index contributed by atoms with van der Waals surface area (Å²) in [7, 11) is 0. The first-order chi connectivity index (χ1) is 11.2. The molecule has 1 atom stereocenters. The molecule has 0 aliphatic carbocycles. The van der Waals surface area contributed by atoms with Crippen LogP contribution in [0.25, 0.3) is 0 Å². The maximum absolute atomic E-state index is 6.20. The minimum Gasteiger partial charge on any atom is -0.347 e. The second-order valence-electron chi connectivity index (χ2n) is 4.75. The van der Waals surface area contributed by atoms with E-state index in [1.165, 1.54) is 5.12 Å². The van der Waals surface area contributed by atoms with E-state index in [9.17, 15) is 0 Å². The molecule has 2 aromatic carbocycles. The molecule has 0 amide bonds. The average Bonchev–Trinajstić information content (AvgIpc) is 3.28. The van der Waals surface area contributed by atoms with Crippen molar-refractivity contribution in [2.75, 3.05) is 10.0 Å². The van der Waals surface area contributed by atoms with Gasteiger partial charge in [-0.1, -0.05) is 52.6 Å². The van der Waals surface area contributed by atoms with Crippen LogP contribution < -0.4 is 21.1 Å². The molecule has 2 N–H and O–H groups in total. The van der Waals surface area contributed by atoms with Crippen LogP contribution in [0.4, 0.5) is 11.4 Å². The number of rotatable bonds is 3. The van der Waals surface area contributed by atoms with E-state index >= 15 is 0 Å². The van der Waals surface area contributed by atoms with Crippen molar-refractivity contribution in [2.45, 2.75) is 6.35 Å². The molecular formula is C14H11Cl2N5O2. The smallest absolute Gasteiger partial charge is 0.340 e. The SMILES string of the molecule is Clc1cccc(N2N=C(N(c3ccccc3)C3NO3)ON2)c1Cl. The van der Waals surface area contributed by atoms with Gasteiger partial charge in [-0.15, -0.1) is 5.48 Å². The number of nitrogens with zero attached hydrogens (tertiary/aromatic N) is 3. The summed E-state index contributed by atoms with van der Waals surface area (Å²) < 4.78 is 0. The summed E-state index contributed by atoms with van der Waals surface area (Å²) in [5.74, 6) is 0. The van der Waals surface area contributed by atoms with Crippen molar-refractivity contribution in [3.63, 3.8) is 0 Å². The lowest BCUT2D eigenvalue weighted by Crippen LogP contribution is -2.36. The Kier molecular flexibility index (Phi) is 3.72. The lowest BCUT2D eigenvalue weighted by atomic mass is 10.3. The molecule has 2 aliphatic rings. The highest BCUT2D eigenvalue weighted by Crippen LogP contribution is 2.33. The molecule has 1 saturated heterocycles. The number of hydrazone groups is 1. The van der Waals surface area contributed by atoms with Gasteiger partial charge in [0, 0.05) is 5.69 Å². The van der Waals surface area contributed by atoms with Crippen molar-refractivity contribution < 1.29 is 9.68 Å². The van der Waals surface area contributed by atoms with E-state index < -0.39 is 0 Å². The van der Waals surface area contributed by atoms with Gasteiger partial charge >= 0.3 is 6.02 Å². The third-order valence-corrected chi connectivity index (χ3v) is 4.08. The van der Waals surface area contributed by atoms with Crippen LogP contribution in [0.1, 0.15) is 0 Å².